The van der Waals surface area contributed by atoms with Gasteiger partial charge < -0.3 is 10.2 Å². The number of hydrogen-bond donors (Lipinski definition) is 1. The van der Waals surface area contributed by atoms with E-state index in [2.05, 4.69) is 51.9 Å². The van der Waals surface area contributed by atoms with Crippen molar-refractivity contribution < 1.29 is 4.39 Å². The summed E-state index contributed by atoms with van der Waals surface area (Å²) in [5.74, 6) is 0.844. The second kappa shape index (κ2) is 8.50. The Morgan fingerprint density at radius 3 is 2.29 bits per heavy atom. The number of hydrogen-bond acceptors (Lipinski definition) is 2. The van der Waals surface area contributed by atoms with Crippen molar-refractivity contribution in [2.45, 2.75) is 46.7 Å². The first-order valence-corrected chi connectivity index (χ1v) is 8.06. The summed E-state index contributed by atoms with van der Waals surface area (Å²) in [6.07, 6.45) is 0. The van der Waals surface area contributed by atoms with E-state index in [1.807, 2.05) is 12.1 Å². The lowest BCUT2D eigenvalue weighted by Crippen LogP contribution is -2.40. The van der Waals surface area contributed by atoms with Gasteiger partial charge in [0.15, 0.2) is 0 Å². The maximum Gasteiger partial charge on any atom is 0.127 e. The lowest BCUT2D eigenvalue weighted by molar-refractivity contribution is 0.167. The van der Waals surface area contributed by atoms with Crippen molar-refractivity contribution in [1.29, 1.82) is 0 Å². The van der Waals surface area contributed by atoms with Gasteiger partial charge in [0, 0.05) is 24.2 Å². The Morgan fingerprint density at radius 2 is 1.76 bits per heavy atom. The minimum atomic E-state index is -0.116. The summed E-state index contributed by atoms with van der Waals surface area (Å²) in [5, 5.41) is 3.45. The van der Waals surface area contributed by atoms with Crippen molar-refractivity contribution in [1.82, 2.24) is 10.2 Å². The highest BCUT2D eigenvalue weighted by molar-refractivity contribution is 5.22. The van der Waals surface area contributed by atoms with E-state index in [0.29, 0.717) is 17.9 Å². The van der Waals surface area contributed by atoms with E-state index >= 15 is 0 Å². The molecule has 0 aliphatic rings. The summed E-state index contributed by atoms with van der Waals surface area (Å²) in [6.45, 7) is 12.8. The molecule has 0 amide bonds. The molecule has 120 valence electrons. The van der Waals surface area contributed by atoms with Crippen LogP contribution in [0.1, 0.15) is 46.2 Å². The van der Waals surface area contributed by atoms with Gasteiger partial charge in [-0.15, -0.1) is 0 Å². The molecule has 0 heterocycles. The Morgan fingerprint density at radius 1 is 1.14 bits per heavy atom. The highest BCUT2D eigenvalue weighted by Crippen LogP contribution is 2.25. The molecule has 0 spiro atoms. The van der Waals surface area contributed by atoms with E-state index in [-0.39, 0.29) is 11.9 Å². The molecule has 3 heteroatoms. The van der Waals surface area contributed by atoms with Gasteiger partial charge in [-0.3, -0.25) is 0 Å². The molecule has 2 nitrogen and oxygen atoms in total. The first-order chi connectivity index (χ1) is 9.88. The van der Waals surface area contributed by atoms with Crippen LogP contribution < -0.4 is 5.32 Å². The van der Waals surface area contributed by atoms with E-state index < -0.39 is 0 Å². The third-order valence-corrected chi connectivity index (χ3v) is 4.47. The van der Waals surface area contributed by atoms with Crippen LogP contribution in [0.2, 0.25) is 0 Å². The monoisotopic (exact) mass is 294 g/mol. The topological polar surface area (TPSA) is 15.3 Å². The van der Waals surface area contributed by atoms with Crippen LogP contribution in [0.4, 0.5) is 4.39 Å². The largest absolute Gasteiger partial charge is 0.310 e. The van der Waals surface area contributed by atoms with Crippen molar-refractivity contribution in [2.24, 2.45) is 11.8 Å². The lowest BCUT2D eigenvalue weighted by Gasteiger charge is -2.34. The van der Waals surface area contributed by atoms with Gasteiger partial charge in [0.05, 0.1) is 0 Å². The molecule has 1 aromatic rings. The van der Waals surface area contributed by atoms with Crippen LogP contribution >= 0.6 is 0 Å². The smallest absolute Gasteiger partial charge is 0.127 e. The minimum absolute atomic E-state index is 0.0537. The summed E-state index contributed by atoms with van der Waals surface area (Å²) in [4.78, 5) is 2.38. The second-order valence-corrected chi connectivity index (χ2v) is 6.46. The highest BCUT2D eigenvalue weighted by atomic mass is 19.1. The van der Waals surface area contributed by atoms with E-state index in [4.69, 9.17) is 0 Å². The molecule has 1 N–H and O–H groups in total. The number of nitrogens with one attached hydrogen (secondary N) is 1. The third kappa shape index (κ3) is 5.08. The minimum Gasteiger partial charge on any atom is -0.310 e. The van der Waals surface area contributed by atoms with Crippen LogP contribution in [0.3, 0.4) is 0 Å². The van der Waals surface area contributed by atoms with Gasteiger partial charge in [-0.1, -0.05) is 45.9 Å². The van der Waals surface area contributed by atoms with Crippen molar-refractivity contribution >= 4 is 0 Å². The summed E-state index contributed by atoms with van der Waals surface area (Å²) in [7, 11) is 2.16. The number of rotatable bonds is 8. The third-order valence-electron chi connectivity index (χ3n) is 4.47. The van der Waals surface area contributed by atoms with Gasteiger partial charge in [-0.25, -0.2) is 4.39 Å². The maximum atomic E-state index is 14.1. The van der Waals surface area contributed by atoms with Crippen molar-refractivity contribution in [3.63, 3.8) is 0 Å². The Kier molecular flexibility index (Phi) is 7.33. The van der Waals surface area contributed by atoms with Crippen LogP contribution in [0.25, 0.3) is 0 Å². The molecule has 0 fully saturated rings. The fourth-order valence-electron chi connectivity index (χ4n) is 2.80. The zero-order valence-corrected chi connectivity index (χ0v) is 14.4. The Labute approximate surface area is 129 Å². The SMILES string of the molecule is CCNC(c1ccccc1F)C(C)CN(C)C(C)C(C)C. The molecule has 0 saturated carbocycles. The number of halogens is 1. The average Bonchev–Trinajstić information content (AvgIpc) is 2.44. The van der Waals surface area contributed by atoms with Crippen molar-refractivity contribution in [3.05, 3.63) is 35.6 Å². The molecule has 21 heavy (non-hydrogen) atoms. The van der Waals surface area contributed by atoms with E-state index in [0.717, 1.165) is 18.7 Å². The first-order valence-electron chi connectivity index (χ1n) is 8.06. The highest BCUT2D eigenvalue weighted by Gasteiger charge is 2.24. The van der Waals surface area contributed by atoms with Crippen LogP contribution in [0.5, 0.6) is 0 Å². The van der Waals surface area contributed by atoms with Gasteiger partial charge in [0.2, 0.25) is 0 Å². The Balaban J connectivity index is 2.83. The fraction of sp³-hybridized carbons (Fsp3) is 0.667. The summed E-state index contributed by atoms with van der Waals surface area (Å²) < 4.78 is 14.1. The van der Waals surface area contributed by atoms with Crippen LogP contribution in [-0.2, 0) is 0 Å². The first kappa shape index (κ1) is 18.1. The Bertz CT molecular complexity index is 419. The van der Waals surface area contributed by atoms with Crippen molar-refractivity contribution in [3.8, 4) is 0 Å². The van der Waals surface area contributed by atoms with Gasteiger partial charge in [-0.05, 0) is 38.4 Å². The molecule has 3 atom stereocenters. The van der Waals surface area contributed by atoms with E-state index in [1.54, 1.807) is 12.1 Å². The zero-order chi connectivity index (χ0) is 16.0. The summed E-state index contributed by atoms with van der Waals surface area (Å²) in [6, 6.07) is 7.68. The lowest BCUT2D eigenvalue weighted by atomic mass is 9.92. The molecule has 0 aliphatic carbocycles. The summed E-state index contributed by atoms with van der Waals surface area (Å²) in [5.41, 5.74) is 0.775. The summed E-state index contributed by atoms with van der Waals surface area (Å²) >= 11 is 0. The fourth-order valence-corrected chi connectivity index (χ4v) is 2.80. The molecule has 1 rings (SSSR count). The van der Waals surface area contributed by atoms with Crippen LogP contribution in [0, 0.1) is 17.7 Å². The van der Waals surface area contributed by atoms with Crippen LogP contribution in [-0.4, -0.2) is 31.1 Å². The maximum absolute atomic E-state index is 14.1. The molecule has 1 aromatic carbocycles. The number of benzene rings is 1. The molecular weight excluding hydrogens is 263 g/mol. The second-order valence-electron chi connectivity index (χ2n) is 6.46. The molecule has 0 aromatic heterocycles. The van der Waals surface area contributed by atoms with E-state index in [1.165, 1.54) is 0 Å². The molecule has 0 bridgehead atoms. The Hall–Kier alpha value is -0.930. The van der Waals surface area contributed by atoms with Crippen LogP contribution in [0.15, 0.2) is 24.3 Å². The van der Waals surface area contributed by atoms with Crippen molar-refractivity contribution in [2.75, 3.05) is 20.1 Å². The van der Waals surface area contributed by atoms with Gasteiger partial charge in [0.25, 0.3) is 0 Å². The predicted molar refractivity (Wildman–Crippen MR) is 88.9 cm³/mol. The number of nitrogens with zero attached hydrogens (tertiary/aromatic N) is 1. The van der Waals surface area contributed by atoms with E-state index in [9.17, 15) is 4.39 Å². The molecule has 0 saturated heterocycles. The molecule has 0 radical (unpaired) electrons. The van der Waals surface area contributed by atoms with Gasteiger partial charge in [-0.2, -0.15) is 0 Å². The molecular formula is C18H31FN2. The zero-order valence-electron chi connectivity index (χ0n) is 14.4. The normalized spacial score (nSPS) is 16.2. The molecule has 0 aliphatic heterocycles. The molecule has 3 unspecified atom stereocenters. The quantitative estimate of drug-likeness (QED) is 0.777. The van der Waals surface area contributed by atoms with Gasteiger partial charge >= 0.3 is 0 Å². The standard InChI is InChI=1S/C18H31FN2/c1-7-20-18(16-10-8-9-11-17(16)19)14(4)12-21(6)15(5)13(2)3/h8-11,13-15,18,20H,7,12H2,1-6H3. The van der Waals surface area contributed by atoms with Gasteiger partial charge in [0.1, 0.15) is 5.82 Å². The average molecular weight is 294 g/mol. The predicted octanol–water partition coefficient (Wildman–Crippen LogP) is 4.09.